The number of amides is 1. The minimum Gasteiger partial charge on any atom is -0.491 e. The van der Waals surface area contributed by atoms with Crippen LogP contribution in [0, 0.1) is 0 Å². The third-order valence-electron chi connectivity index (χ3n) is 6.28. The fourth-order valence-electron chi connectivity index (χ4n) is 4.52. The molecule has 0 unspecified atom stereocenters. The van der Waals surface area contributed by atoms with E-state index >= 15 is 0 Å². The van der Waals surface area contributed by atoms with Crippen LogP contribution in [0.4, 0.5) is 5.69 Å². The van der Waals surface area contributed by atoms with Crippen molar-refractivity contribution in [3.8, 4) is 11.5 Å². The lowest BCUT2D eigenvalue weighted by Gasteiger charge is -2.28. The molecule has 0 aliphatic carbocycles. The zero-order valence-corrected chi connectivity index (χ0v) is 19.5. The molecule has 0 bridgehead atoms. The first-order valence-electron chi connectivity index (χ1n) is 11.5. The third-order valence-corrected chi connectivity index (χ3v) is 6.28. The second-order valence-electron chi connectivity index (χ2n) is 8.33. The number of hydrogen-bond donors (Lipinski definition) is 1. The van der Waals surface area contributed by atoms with Gasteiger partial charge in [-0.05, 0) is 18.6 Å². The number of aliphatic imine (C=N–C) groups is 2. The standard InChI is InChI=1S/C23H29N7O4/c1-28-16(20(24)31)14-26-22(28)23-27-18-15(21-25-6-8-30(21)23)4-5-17(19(18)32-2)34-11-3-7-29-9-12-33-13-10-29/h4-5,14H,3,6-13H2,1-2H3,(H2,24,31). The van der Waals surface area contributed by atoms with Crippen molar-refractivity contribution in [3.63, 3.8) is 0 Å². The molecule has 5 rings (SSSR count). The molecule has 2 N–H and O–H groups in total. The lowest BCUT2D eigenvalue weighted by atomic mass is 10.1. The highest BCUT2D eigenvalue weighted by atomic mass is 16.5. The highest BCUT2D eigenvalue weighted by Gasteiger charge is 2.35. The minimum absolute atomic E-state index is 0.311. The summed E-state index contributed by atoms with van der Waals surface area (Å²) < 4.78 is 18.9. The first-order chi connectivity index (χ1) is 16.6. The molecule has 1 aromatic carbocycles. The molecule has 4 heterocycles. The third kappa shape index (κ3) is 4.01. The van der Waals surface area contributed by atoms with Gasteiger partial charge >= 0.3 is 0 Å². The normalized spacial score (nSPS) is 17.6. The first-order valence-corrected chi connectivity index (χ1v) is 11.5. The second kappa shape index (κ2) is 9.43. The number of carbonyl (C=O) groups is 1. The van der Waals surface area contributed by atoms with Crippen molar-refractivity contribution in [2.45, 2.75) is 6.42 Å². The lowest BCUT2D eigenvalue weighted by molar-refractivity contribution is 0.0357. The Labute approximate surface area is 197 Å². The van der Waals surface area contributed by atoms with Gasteiger partial charge in [-0.3, -0.25) is 14.7 Å². The van der Waals surface area contributed by atoms with Gasteiger partial charge in [0.15, 0.2) is 23.2 Å². The zero-order chi connectivity index (χ0) is 23.7. The summed E-state index contributed by atoms with van der Waals surface area (Å²) in [4.78, 5) is 30.2. The Morgan fingerprint density at radius 1 is 1.21 bits per heavy atom. The van der Waals surface area contributed by atoms with Gasteiger partial charge in [0.2, 0.25) is 0 Å². The Morgan fingerprint density at radius 2 is 2.03 bits per heavy atom. The summed E-state index contributed by atoms with van der Waals surface area (Å²) in [5.74, 6) is 2.59. The van der Waals surface area contributed by atoms with E-state index in [1.54, 1.807) is 18.7 Å². The molecule has 0 radical (unpaired) electrons. The molecule has 1 fully saturated rings. The average Bonchev–Trinajstić information content (AvgIpc) is 3.49. The number of morpholine rings is 1. The predicted octanol–water partition coefficient (Wildman–Crippen LogP) is 0.783. The van der Waals surface area contributed by atoms with Gasteiger partial charge < -0.3 is 29.4 Å². The van der Waals surface area contributed by atoms with E-state index in [2.05, 4.69) is 9.88 Å². The van der Waals surface area contributed by atoms with E-state index in [-0.39, 0.29) is 0 Å². The van der Waals surface area contributed by atoms with Gasteiger partial charge in [-0.25, -0.2) is 9.98 Å². The SMILES string of the molecule is COc1c(OCCCN2CCOCC2)ccc2c1N=C(c1ncc(C(N)=O)n1C)N1CCN=C21. The van der Waals surface area contributed by atoms with Gasteiger partial charge in [-0.2, -0.15) is 0 Å². The predicted molar refractivity (Wildman–Crippen MR) is 126 cm³/mol. The number of rotatable bonds is 8. The number of primary amides is 1. The van der Waals surface area contributed by atoms with Crippen molar-refractivity contribution in [1.29, 1.82) is 0 Å². The Balaban J connectivity index is 1.43. The molecule has 0 spiro atoms. The molecular weight excluding hydrogens is 438 g/mol. The number of nitrogens with two attached hydrogens (primary N) is 1. The van der Waals surface area contributed by atoms with Crippen LogP contribution in [0.15, 0.2) is 28.3 Å². The maximum atomic E-state index is 11.8. The quantitative estimate of drug-likeness (QED) is 0.570. The molecular formula is C23H29N7O4. The molecule has 11 nitrogen and oxygen atoms in total. The largest absolute Gasteiger partial charge is 0.491 e. The van der Waals surface area contributed by atoms with Crippen molar-refractivity contribution in [3.05, 3.63) is 35.4 Å². The number of fused-ring (bicyclic) bond motifs is 3. The number of amidine groups is 2. The number of imidazole rings is 1. The Hall–Kier alpha value is -3.44. The average molecular weight is 468 g/mol. The van der Waals surface area contributed by atoms with Crippen molar-refractivity contribution in [1.82, 2.24) is 19.4 Å². The van der Waals surface area contributed by atoms with Crippen LogP contribution in [0.25, 0.3) is 0 Å². The summed E-state index contributed by atoms with van der Waals surface area (Å²) >= 11 is 0. The van der Waals surface area contributed by atoms with Crippen molar-refractivity contribution < 1.29 is 19.0 Å². The molecule has 1 amide bonds. The second-order valence-corrected chi connectivity index (χ2v) is 8.33. The Morgan fingerprint density at radius 3 is 2.76 bits per heavy atom. The van der Waals surface area contributed by atoms with Crippen molar-refractivity contribution in [2.75, 3.05) is 59.7 Å². The van der Waals surface area contributed by atoms with Crippen LogP contribution < -0.4 is 15.2 Å². The summed E-state index contributed by atoms with van der Waals surface area (Å²) in [5.41, 5.74) is 7.32. The van der Waals surface area contributed by atoms with E-state index in [4.69, 9.17) is 29.9 Å². The van der Waals surface area contributed by atoms with Gasteiger partial charge in [0.25, 0.3) is 5.91 Å². The summed E-state index contributed by atoms with van der Waals surface area (Å²) in [6.45, 7) is 6.35. The van der Waals surface area contributed by atoms with Crippen LogP contribution >= 0.6 is 0 Å². The topological polar surface area (TPSA) is 120 Å². The number of aromatic nitrogens is 2. The van der Waals surface area contributed by atoms with Gasteiger partial charge in [-0.1, -0.05) is 0 Å². The number of methoxy groups -OCH3 is 1. The molecule has 3 aliphatic rings. The fraction of sp³-hybridized carbons (Fsp3) is 0.478. The van der Waals surface area contributed by atoms with Gasteiger partial charge in [0.1, 0.15) is 17.2 Å². The van der Waals surface area contributed by atoms with E-state index in [9.17, 15) is 4.79 Å². The van der Waals surface area contributed by atoms with Gasteiger partial charge in [0, 0.05) is 38.8 Å². The number of nitrogens with zero attached hydrogens (tertiary/aromatic N) is 6. The van der Waals surface area contributed by atoms with Crippen LogP contribution in [0.1, 0.15) is 28.3 Å². The van der Waals surface area contributed by atoms with Crippen LogP contribution in [-0.2, 0) is 11.8 Å². The van der Waals surface area contributed by atoms with Crippen LogP contribution in [0.3, 0.4) is 0 Å². The molecule has 2 aromatic rings. The monoisotopic (exact) mass is 467 g/mol. The van der Waals surface area contributed by atoms with E-state index in [1.807, 2.05) is 17.0 Å². The minimum atomic E-state index is -0.543. The number of benzene rings is 1. The van der Waals surface area contributed by atoms with Crippen molar-refractivity contribution >= 4 is 23.3 Å². The number of hydrogen-bond acceptors (Lipinski definition) is 9. The maximum Gasteiger partial charge on any atom is 0.266 e. The first kappa shape index (κ1) is 22.4. The Bertz CT molecular complexity index is 1150. The molecule has 1 aromatic heterocycles. The summed E-state index contributed by atoms with van der Waals surface area (Å²) in [7, 11) is 3.36. The van der Waals surface area contributed by atoms with Crippen LogP contribution in [0.2, 0.25) is 0 Å². The van der Waals surface area contributed by atoms with E-state index < -0.39 is 5.91 Å². The highest BCUT2D eigenvalue weighted by Crippen LogP contribution is 2.43. The zero-order valence-electron chi connectivity index (χ0n) is 19.5. The smallest absolute Gasteiger partial charge is 0.266 e. The number of carbonyl (C=O) groups excluding carboxylic acids is 1. The molecule has 0 saturated carbocycles. The van der Waals surface area contributed by atoms with E-state index in [0.717, 1.165) is 50.7 Å². The molecule has 1 saturated heterocycles. The fourth-order valence-corrected chi connectivity index (χ4v) is 4.52. The number of ether oxygens (including phenoxy) is 3. The van der Waals surface area contributed by atoms with E-state index in [0.29, 0.717) is 54.2 Å². The summed E-state index contributed by atoms with van der Waals surface area (Å²) in [6.07, 6.45) is 2.37. The van der Waals surface area contributed by atoms with Crippen LogP contribution in [0.5, 0.6) is 11.5 Å². The van der Waals surface area contributed by atoms with Crippen molar-refractivity contribution in [2.24, 2.45) is 22.8 Å². The lowest BCUT2D eigenvalue weighted by Crippen LogP contribution is -2.39. The molecule has 0 atom stereocenters. The Kier molecular flexibility index (Phi) is 6.20. The molecule has 34 heavy (non-hydrogen) atoms. The molecule has 180 valence electrons. The molecule has 3 aliphatic heterocycles. The summed E-state index contributed by atoms with van der Waals surface area (Å²) in [6, 6.07) is 3.89. The molecule has 11 heteroatoms. The highest BCUT2D eigenvalue weighted by molar-refractivity contribution is 6.20. The van der Waals surface area contributed by atoms with Gasteiger partial charge in [0.05, 0.1) is 39.7 Å². The van der Waals surface area contributed by atoms with E-state index in [1.165, 1.54) is 6.20 Å². The van der Waals surface area contributed by atoms with Gasteiger partial charge in [-0.15, -0.1) is 0 Å². The van der Waals surface area contributed by atoms with Crippen LogP contribution in [-0.4, -0.2) is 96.6 Å². The maximum absolute atomic E-state index is 11.8. The summed E-state index contributed by atoms with van der Waals surface area (Å²) in [5, 5.41) is 0.